The van der Waals surface area contributed by atoms with Crippen LogP contribution in [-0.4, -0.2) is 24.5 Å². The minimum Gasteiger partial charge on any atom is -0.325 e. The standard InChI is InChI=1S/C15H22N2S/c1-15(2,16)9-13(17(3)4)12-10-18-14-8-6-5-7-11(12)14/h5-8,10,13H,9,16H2,1-4H3. The van der Waals surface area contributed by atoms with Crippen molar-refractivity contribution in [2.45, 2.75) is 31.8 Å². The van der Waals surface area contributed by atoms with Crippen molar-refractivity contribution in [2.75, 3.05) is 14.1 Å². The molecule has 0 bridgehead atoms. The van der Waals surface area contributed by atoms with Crippen LogP contribution >= 0.6 is 11.3 Å². The summed E-state index contributed by atoms with van der Waals surface area (Å²) < 4.78 is 1.36. The summed E-state index contributed by atoms with van der Waals surface area (Å²) >= 11 is 1.82. The zero-order valence-corrected chi connectivity index (χ0v) is 12.4. The van der Waals surface area contributed by atoms with Crippen molar-refractivity contribution in [3.8, 4) is 0 Å². The van der Waals surface area contributed by atoms with Crippen molar-refractivity contribution in [3.05, 3.63) is 35.2 Å². The summed E-state index contributed by atoms with van der Waals surface area (Å²) in [6, 6.07) is 8.98. The van der Waals surface area contributed by atoms with Crippen molar-refractivity contribution >= 4 is 21.4 Å². The highest BCUT2D eigenvalue weighted by Gasteiger charge is 2.24. The van der Waals surface area contributed by atoms with Crippen LogP contribution in [0.15, 0.2) is 29.6 Å². The highest BCUT2D eigenvalue weighted by Crippen LogP contribution is 2.35. The van der Waals surface area contributed by atoms with Gasteiger partial charge in [0.1, 0.15) is 0 Å². The van der Waals surface area contributed by atoms with Gasteiger partial charge in [-0.3, -0.25) is 0 Å². The van der Waals surface area contributed by atoms with Crippen LogP contribution in [0.25, 0.3) is 10.1 Å². The summed E-state index contributed by atoms with van der Waals surface area (Å²) in [5.41, 5.74) is 7.45. The Bertz CT molecular complexity index is 523. The molecule has 1 aromatic carbocycles. The molecule has 0 aliphatic heterocycles. The molecule has 0 aliphatic rings. The van der Waals surface area contributed by atoms with Crippen LogP contribution in [0, 0.1) is 0 Å². The van der Waals surface area contributed by atoms with Crippen molar-refractivity contribution < 1.29 is 0 Å². The number of nitrogens with zero attached hydrogens (tertiary/aromatic N) is 1. The maximum Gasteiger partial charge on any atom is 0.0373 e. The van der Waals surface area contributed by atoms with E-state index in [1.54, 1.807) is 0 Å². The lowest BCUT2D eigenvalue weighted by Crippen LogP contribution is -2.37. The van der Waals surface area contributed by atoms with E-state index in [1.165, 1.54) is 15.6 Å². The monoisotopic (exact) mass is 262 g/mol. The number of rotatable bonds is 4. The van der Waals surface area contributed by atoms with Crippen molar-refractivity contribution in [1.29, 1.82) is 0 Å². The Hall–Kier alpha value is -0.900. The van der Waals surface area contributed by atoms with E-state index in [-0.39, 0.29) is 5.54 Å². The first kappa shape index (κ1) is 13.5. The first-order valence-electron chi connectivity index (χ1n) is 6.30. The average Bonchev–Trinajstić information content (AvgIpc) is 2.68. The second kappa shape index (κ2) is 5.00. The summed E-state index contributed by atoms with van der Waals surface area (Å²) in [7, 11) is 4.26. The quantitative estimate of drug-likeness (QED) is 0.911. The third kappa shape index (κ3) is 2.91. The third-order valence-corrected chi connectivity index (χ3v) is 4.19. The van der Waals surface area contributed by atoms with Crippen LogP contribution in [0.5, 0.6) is 0 Å². The van der Waals surface area contributed by atoms with Crippen molar-refractivity contribution in [1.82, 2.24) is 4.90 Å². The van der Waals surface area contributed by atoms with E-state index in [2.05, 4.69) is 62.5 Å². The van der Waals surface area contributed by atoms with Gasteiger partial charge in [-0.2, -0.15) is 0 Å². The molecule has 2 rings (SSSR count). The van der Waals surface area contributed by atoms with Gasteiger partial charge < -0.3 is 10.6 Å². The number of benzene rings is 1. The normalized spacial score (nSPS) is 14.3. The van der Waals surface area contributed by atoms with Crippen LogP contribution in [0.3, 0.4) is 0 Å². The lowest BCUT2D eigenvalue weighted by Gasteiger charge is -2.30. The minimum absolute atomic E-state index is 0.155. The van der Waals surface area contributed by atoms with Gasteiger partial charge in [0, 0.05) is 16.3 Å². The molecule has 2 N–H and O–H groups in total. The molecular weight excluding hydrogens is 240 g/mol. The molecule has 1 atom stereocenters. The number of thiophene rings is 1. The van der Waals surface area contributed by atoms with Crippen LogP contribution in [-0.2, 0) is 0 Å². The second-order valence-electron chi connectivity index (χ2n) is 5.86. The van der Waals surface area contributed by atoms with Crippen molar-refractivity contribution in [2.24, 2.45) is 5.73 Å². The predicted octanol–water partition coefficient (Wildman–Crippen LogP) is 3.63. The molecule has 2 nitrogen and oxygen atoms in total. The molecule has 1 heterocycles. The maximum atomic E-state index is 6.20. The Morgan fingerprint density at radius 1 is 1.28 bits per heavy atom. The van der Waals surface area contributed by atoms with Gasteiger partial charge in [0.25, 0.3) is 0 Å². The molecule has 0 fully saturated rings. The number of nitrogens with two attached hydrogens (primary N) is 1. The molecule has 2 aromatic rings. The van der Waals surface area contributed by atoms with E-state index in [0.29, 0.717) is 6.04 Å². The first-order valence-corrected chi connectivity index (χ1v) is 7.18. The zero-order chi connectivity index (χ0) is 13.3. The van der Waals surface area contributed by atoms with Gasteiger partial charge in [-0.25, -0.2) is 0 Å². The molecule has 1 unspecified atom stereocenters. The Morgan fingerprint density at radius 3 is 2.56 bits per heavy atom. The molecule has 0 aliphatic carbocycles. The fraction of sp³-hybridized carbons (Fsp3) is 0.467. The fourth-order valence-electron chi connectivity index (χ4n) is 2.33. The lowest BCUT2D eigenvalue weighted by atomic mass is 9.91. The summed E-state index contributed by atoms with van der Waals surface area (Å²) in [5.74, 6) is 0. The molecular formula is C15H22N2S. The predicted molar refractivity (Wildman–Crippen MR) is 81.1 cm³/mol. The molecule has 0 radical (unpaired) electrons. The van der Waals surface area contributed by atoms with Gasteiger partial charge >= 0.3 is 0 Å². The molecule has 0 saturated carbocycles. The summed E-state index contributed by atoms with van der Waals surface area (Å²) in [6.45, 7) is 4.19. The highest BCUT2D eigenvalue weighted by molar-refractivity contribution is 7.17. The fourth-order valence-corrected chi connectivity index (χ4v) is 3.33. The second-order valence-corrected chi connectivity index (χ2v) is 6.77. The van der Waals surface area contributed by atoms with Gasteiger partial charge in [-0.15, -0.1) is 11.3 Å². The van der Waals surface area contributed by atoms with E-state index in [1.807, 2.05) is 11.3 Å². The Kier molecular flexibility index (Phi) is 3.76. The van der Waals surface area contributed by atoms with E-state index in [4.69, 9.17) is 5.73 Å². The van der Waals surface area contributed by atoms with Crippen LogP contribution in [0.2, 0.25) is 0 Å². The maximum absolute atomic E-state index is 6.20. The largest absolute Gasteiger partial charge is 0.325 e. The molecule has 3 heteroatoms. The van der Waals surface area contributed by atoms with Crippen LogP contribution < -0.4 is 5.73 Å². The SMILES string of the molecule is CN(C)C(CC(C)(C)N)c1csc2ccccc12. The number of hydrogen-bond donors (Lipinski definition) is 1. The summed E-state index contributed by atoms with van der Waals surface area (Å²) in [4.78, 5) is 2.27. The van der Waals surface area contributed by atoms with Crippen LogP contribution in [0.1, 0.15) is 31.9 Å². The van der Waals surface area contributed by atoms with Crippen LogP contribution in [0.4, 0.5) is 0 Å². The first-order chi connectivity index (χ1) is 8.38. The van der Waals surface area contributed by atoms with Gasteiger partial charge in [0.05, 0.1) is 0 Å². The van der Waals surface area contributed by atoms with Gasteiger partial charge in [0.2, 0.25) is 0 Å². The van der Waals surface area contributed by atoms with Crippen molar-refractivity contribution in [3.63, 3.8) is 0 Å². The average molecular weight is 262 g/mol. The smallest absolute Gasteiger partial charge is 0.0373 e. The molecule has 98 valence electrons. The summed E-state index contributed by atoms with van der Waals surface area (Å²) in [5, 5.41) is 3.65. The van der Waals surface area contributed by atoms with E-state index >= 15 is 0 Å². The topological polar surface area (TPSA) is 29.3 Å². The third-order valence-electron chi connectivity index (χ3n) is 3.21. The van der Waals surface area contributed by atoms with E-state index in [0.717, 1.165) is 6.42 Å². The van der Waals surface area contributed by atoms with E-state index < -0.39 is 0 Å². The number of hydrogen-bond acceptors (Lipinski definition) is 3. The Labute approximate surface area is 113 Å². The molecule has 18 heavy (non-hydrogen) atoms. The molecule has 0 saturated heterocycles. The van der Waals surface area contributed by atoms with Gasteiger partial charge in [-0.05, 0) is 56.8 Å². The van der Waals surface area contributed by atoms with Gasteiger partial charge in [0.15, 0.2) is 0 Å². The molecule has 0 amide bonds. The summed E-state index contributed by atoms with van der Waals surface area (Å²) in [6.07, 6.45) is 0.959. The van der Waals surface area contributed by atoms with E-state index in [9.17, 15) is 0 Å². The lowest BCUT2D eigenvalue weighted by molar-refractivity contribution is 0.245. The Balaban J connectivity index is 2.42. The Morgan fingerprint density at radius 2 is 1.94 bits per heavy atom. The highest BCUT2D eigenvalue weighted by atomic mass is 32.1. The molecule has 1 aromatic heterocycles. The van der Waals surface area contributed by atoms with Gasteiger partial charge in [-0.1, -0.05) is 18.2 Å². The molecule has 0 spiro atoms. The zero-order valence-electron chi connectivity index (χ0n) is 11.6. The number of fused-ring (bicyclic) bond motifs is 1. The minimum atomic E-state index is -0.155.